The van der Waals surface area contributed by atoms with E-state index in [2.05, 4.69) is 17.3 Å². The zero-order valence-corrected chi connectivity index (χ0v) is 13.4. The summed E-state index contributed by atoms with van der Waals surface area (Å²) in [5.41, 5.74) is 2.39. The van der Waals surface area contributed by atoms with Crippen LogP contribution in [-0.4, -0.2) is 16.3 Å². The molecule has 114 valence electrons. The van der Waals surface area contributed by atoms with E-state index in [1.807, 2.05) is 17.7 Å². The molecule has 2 rings (SSSR count). The summed E-state index contributed by atoms with van der Waals surface area (Å²) < 4.78 is 15.8. The van der Waals surface area contributed by atoms with E-state index in [1.165, 1.54) is 0 Å². The van der Waals surface area contributed by atoms with E-state index in [0.717, 1.165) is 30.8 Å². The molecule has 1 aromatic carbocycles. The molecule has 1 heterocycles. The number of hydrogen-bond donors (Lipinski definition) is 1. The van der Waals surface area contributed by atoms with Gasteiger partial charge in [-0.3, -0.25) is 4.68 Å². The molecule has 21 heavy (non-hydrogen) atoms. The number of halogens is 2. The van der Waals surface area contributed by atoms with Gasteiger partial charge >= 0.3 is 0 Å². The molecule has 0 aliphatic rings. The minimum atomic E-state index is -0.201. The molecule has 1 unspecified atom stereocenters. The number of aromatic nitrogens is 2. The molecule has 3 nitrogen and oxygen atoms in total. The van der Waals surface area contributed by atoms with Crippen LogP contribution in [0.25, 0.3) is 0 Å². The third-order valence-corrected chi connectivity index (χ3v) is 3.77. The fourth-order valence-electron chi connectivity index (χ4n) is 2.41. The van der Waals surface area contributed by atoms with Crippen molar-refractivity contribution >= 4 is 11.6 Å². The molecule has 0 radical (unpaired) electrons. The number of aryl methyl sites for hydroxylation is 2. The lowest BCUT2D eigenvalue weighted by molar-refractivity contribution is 0.518. The van der Waals surface area contributed by atoms with E-state index in [-0.39, 0.29) is 11.9 Å². The van der Waals surface area contributed by atoms with Gasteiger partial charge in [-0.1, -0.05) is 37.6 Å². The van der Waals surface area contributed by atoms with Crippen molar-refractivity contribution in [2.75, 3.05) is 6.54 Å². The van der Waals surface area contributed by atoms with Crippen molar-refractivity contribution in [3.8, 4) is 0 Å². The van der Waals surface area contributed by atoms with Crippen molar-refractivity contribution in [3.63, 3.8) is 0 Å². The van der Waals surface area contributed by atoms with Crippen molar-refractivity contribution in [3.05, 3.63) is 52.1 Å². The van der Waals surface area contributed by atoms with Crippen LogP contribution in [0.2, 0.25) is 5.02 Å². The molecule has 1 aromatic heterocycles. The fourth-order valence-corrected chi connectivity index (χ4v) is 2.66. The highest BCUT2D eigenvalue weighted by atomic mass is 35.5. The average Bonchev–Trinajstić information content (AvgIpc) is 2.81. The summed E-state index contributed by atoms with van der Waals surface area (Å²) in [5.74, 6) is -0.201. The number of benzene rings is 1. The molecule has 0 spiro atoms. The summed E-state index contributed by atoms with van der Waals surface area (Å²) >= 11 is 6.32. The van der Waals surface area contributed by atoms with E-state index >= 15 is 0 Å². The highest BCUT2D eigenvalue weighted by Crippen LogP contribution is 2.29. The van der Waals surface area contributed by atoms with Gasteiger partial charge in [0, 0.05) is 6.54 Å². The van der Waals surface area contributed by atoms with Crippen LogP contribution in [0.3, 0.4) is 0 Å². The maximum absolute atomic E-state index is 13.9. The van der Waals surface area contributed by atoms with Crippen molar-refractivity contribution in [2.24, 2.45) is 0 Å². The second-order valence-corrected chi connectivity index (χ2v) is 5.51. The zero-order valence-electron chi connectivity index (χ0n) is 12.7. The Morgan fingerprint density at radius 3 is 2.76 bits per heavy atom. The van der Waals surface area contributed by atoms with E-state index in [9.17, 15) is 4.39 Å². The number of rotatable bonds is 6. The maximum Gasteiger partial charge on any atom is 0.126 e. The van der Waals surface area contributed by atoms with Gasteiger partial charge in [-0.25, -0.2) is 4.39 Å². The van der Waals surface area contributed by atoms with Crippen LogP contribution in [0.4, 0.5) is 4.39 Å². The molecule has 1 N–H and O–H groups in total. The minimum absolute atomic E-state index is 0.161. The predicted octanol–water partition coefficient (Wildman–Crippen LogP) is 4.09. The van der Waals surface area contributed by atoms with Gasteiger partial charge in [0.05, 0.1) is 23.0 Å². The van der Waals surface area contributed by atoms with E-state index < -0.39 is 0 Å². The highest BCUT2D eigenvalue weighted by Gasteiger charge is 2.22. The maximum atomic E-state index is 13.9. The van der Waals surface area contributed by atoms with Gasteiger partial charge in [-0.15, -0.1) is 0 Å². The molecule has 0 aliphatic heterocycles. The molecule has 0 amide bonds. The Kier molecular flexibility index (Phi) is 5.37. The van der Waals surface area contributed by atoms with Gasteiger partial charge in [0.25, 0.3) is 0 Å². The Morgan fingerprint density at radius 2 is 2.14 bits per heavy atom. The van der Waals surface area contributed by atoms with Gasteiger partial charge in [0.15, 0.2) is 0 Å². The molecule has 0 fully saturated rings. The van der Waals surface area contributed by atoms with Crippen molar-refractivity contribution in [1.29, 1.82) is 0 Å². The molecule has 1 atom stereocenters. The van der Waals surface area contributed by atoms with E-state index in [4.69, 9.17) is 11.6 Å². The second kappa shape index (κ2) is 7.05. The smallest absolute Gasteiger partial charge is 0.126 e. The molecular weight excluding hydrogens is 289 g/mol. The molecular formula is C16H21ClFN3. The minimum Gasteiger partial charge on any atom is -0.305 e. The quantitative estimate of drug-likeness (QED) is 0.871. The molecule has 0 aliphatic carbocycles. The molecule has 0 saturated carbocycles. The van der Waals surface area contributed by atoms with Crippen LogP contribution in [0.5, 0.6) is 0 Å². The lowest BCUT2D eigenvalue weighted by Crippen LogP contribution is -2.25. The monoisotopic (exact) mass is 309 g/mol. The first kappa shape index (κ1) is 16.0. The lowest BCUT2D eigenvalue weighted by atomic mass is 10.0. The van der Waals surface area contributed by atoms with Crippen LogP contribution in [0, 0.1) is 12.7 Å². The van der Waals surface area contributed by atoms with Gasteiger partial charge in [0.1, 0.15) is 5.82 Å². The topological polar surface area (TPSA) is 29.9 Å². The number of nitrogens with one attached hydrogen (secondary N) is 1. The third kappa shape index (κ3) is 3.44. The Labute approximate surface area is 130 Å². The number of hydrogen-bond acceptors (Lipinski definition) is 2. The molecule has 5 heteroatoms. The highest BCUT2D eigenvalue weighted by molar-refractivity contribution is 6.31. The van der Waals surface area contributed by atoms with Gasteiger partial charge in [0.2, 0.25) is 0 Å². The van der Waals surface area contributed by atoms with Crippen LogP contribution in [-0.2, 0) is 6.54 Å². The first-order chi connectivity index (χ1) is 10.1. The molecule has 2 aromatic rings. The molecule has 0 saturated heterocycles. The number of nitrogens with zero attached hydrogens (tertiary/aromatic N) is 2. The van der Waals surface area contributed by atoms with E-state index in [0.29, 0.717) is 10.6 Å². The van der Waals surface area contributed by atoms with Gasteiger partial charge in [-0.05, 0) is 37.1 Å². The molecule has 0 bridgehead atoms. The van der Waals surface area contributed by atoms with Gasteiger partial charge in [-0.2, -0.15) is 5.10 Å². The van der Waals surface area contributed by atoms with Crippen molar-refractivity contribution in [1.82, 2.24) is 15.1 Å². The average molecular weight is 310 g/mol. The van der Waals surface area contributed by atoms with Crippen molar-refractivity contribution < 1.29 is 4.39 Å². The van der Waals surface area contributed by atoms with Crippen LogP contribution in [0.1, 0.15) is 43.1 Å². The third-order valence-electron chi connectivity index (χ3n) is 3.48. The summed E-state index contributed by atoms with van der Waals surface area (Å²) in [7, 11) is 0. The van der Waals surface area contributed by atoms with Crippen LogP contribution < -0.4 is 5.32 Å². The zero-order chi connectivity index (χ0) is 15.4. The first-order valence-corrected chi connectivity index (χ1v) is 7.66. The summed E-state index contributed by atoms with van der Waals surface area (Å²) in [6.07, 6.45) is 2.62. The SMILES string of the molecule is CCCn1ncc(Cl)c1C(NCC)c1ccc(C)c(F)c1. The summed E-state index contributed by atoms with van der Waals surface area (Å²) in [4.78, 5) is 0. The Bertz CT molecular complexity index is 610. The normalized spacial score (nSPS) is 12.6. The standard InChI is InChI=1S/C16H21ClFN3/c1-4-8-21-16(13(17)10-20-21)15(19-5-2)12-7-6-11(3)14(18)9-12/h6-7,9-10,15,19H,4-5,8H2,1-3H3. The summed E-state index contributed by atoms with van der Waals surface area (Å²) in [5, 5.41) is 8.31. The second-order valence-electron chi connectivity index (χ2n) is 5.10. The van der Waals surface area contributed by atoms with E-state index in [1.54, 1.807) is 25.3 Å². The predicted molar refractivity (Wildman–Crippen MR) is 84.2 cm³/mol. The Morgan fingerprint density at radius 1 is 1.38 bits per heavy atom. The summed E-state index contributed by atoms with van der Waals surface area (Å²) in [6.45, 7) is 7.42. The lowest BCUT2D eigenvalue weighted by Gasteiger charge is -2.21. The summed E-state index contributed by atoms with van der Waals surface area (Å²) in [6, 6.07) is 5.14. The fraction of sp³-hybridized carbons (Fsp3) is 0.438. The van der Waals surface area contributed by atoms with Crippen molar-refractivity contribution in [2.45, 2.75) is 39.8 Å². The Hall–Kier alpha value is -1.39. The Balaban J connectivity index is 2.47. The van der Waals surface area contributed by atoms with Gasteiger partial charge < -0.3 is 5.32 Å². The largest absolute Gasteiger partial charge is 0.305 e. The van der Waals surface area contributed by atoms with Crippen LogP contribution in [0.15, 0.2) is 24.4 Å². The van der Waals surface area contributed by atoms with Crippen LogP contribution >= 0.6 is 11.6 Å². The first-order valence-electron chi connectivity index (χ1n) is 7.29.